The molecule has 2 aromatic carbocycles. The Morgan fingerprint density at radius 1 is 0.875 bits per heavy atom. The molecule has 2 saturated heterocycles. The molecule has 126 valence electrons. The standard InChI is InChI=1S/C20H22O4/c1-13-7-8-19(24-12-16-10-22-16)20(14(13)2)17-5-3-4-6-18(17)23-11-15-9-21-15/h3-8,15-16H,9-12H2,1-2H3. The first-order valence-corrected chi connectivity index (χ1v) is 8.41. The normalized spacial score (nSPS) is 21.4. The Morgan fingerprint density at radius 2 is 1.50 bits per heavy atom. The summed E-state index contributed by atoms with van der Waals surface area (Å²) < 4.78 is 22.5. The van der Waals surface area contributed by atoms with Crippen LogP contribution in [0.25, 0.3) is 11.1 Å². The molecule has 2 atom stereocenters. The van der Waals surface area contributed by atoms with Gasteiger partial charge in [-0.05, 0) is 37.1 Å². The van der Waals surface area contributed by atoms with Gasteiger partial charge in [0.25, 0.3) is 0 Å². The Kier molecular flexibility index (Phi) is 4.17. The van der Waals surface area contributed by atoms with Gasteiger partial charge in [-0.1, -0.05) is 24.3 Å². The van der Waals surface area contributed by atoms with Crippen LogP contribution >= 0.6 is 0 Å². The quantitative estimate of drug-likeness (QED) is 0.730. The van der Waals surface area contributed by atoms with Crippen LogP contribution in [0.3, 0.4) is 0 Å². The maximum absolute atomic E-state index is 6.04. The third kappa shape index (κ3) is 3.40. The van der Waals surface area contributed by atoms with E-state index in [0.717, 1.165) is 35.8 Å². The van der Waals surface area contributed by atoms with Gasteiger partial charge in [0.15, 0.2) is 0 Å². The largest absolute Gasteiger partial charge is 0.490 e. The molecule has 0 aromatic heterocycles. The van der Waals surface area contributed by atoms with Crippen LogP contribution in [0.1, 0.15) is 11.1 Å². The molecule has 4 nitrogen and oxygen atoms in total. The topological polar surface area (TPSA) is 43.5 Å². The van der Waals surface area contributed by atoms with Crippen molar-refractivity contribution in [2.75, 3.05) is 26.4 Å². The summed E-state index contributed by atoms with van der Waals surface area (Å²) in [4.78, 5) is 0. The van der Waals surface area contributed by atoms with E-state index in [1.165, 1.54) is 11.1 Å². The van der Waals surface area contributed by atoms with Crippen LogP contribution in [0, 0.1) is 13.8 Å². The fraction of sp³-hybridized carbons (Fsp3) is 0.400. The van der Waals surface area contributed by atoms with E-state index in [1.807, 2.05) is 24.3 Å². The molecule has 0 aliphatic carbocycles. The van der Waals surface area contributed by atoms with Crippen molar-refractivity contribution in [3.8, 4) is 22.6 Å². The third-order valence-electron chi connectivity index (χ3n) is 4.51. The van der Waals surface area contributed by atoms with Crippen LogP contribution < -0.4 is 9.47 Å². The van der Waals surface area contributed by atoms with E-state index in [-0.39, 0.29) is 12.2 Å². The number of hydrogen-bond acceptors (Lipinski definition) is 4. The molecule has 0 saturated carbocycles. The molecule has 4 rings (SSSR count). The molecular weight excluding hydrogens is 304 g/mol. The Morgan fingerprint density at radius 3 is 2.17 bits per heavy atom. The van der Waals surface area contributed by atoms with Crippen molar-refractivity contribution < 1.29 is 18.9 Å². The van der Waals surface area contributed by atoms with Crippen molar-refractivity contribution >= 4 is 0 Å². The highest BCUT2D eigenvalue weighted by Crippen LogP contribution is 2.40. The number of rotatable bonds is 7. The fourth-order valence-electron chi connectivity index (χ4n) is 2.74. The van der Waals surface area contributed by atoms with Crippen molar-refractivity contribution in [2.24, 2.45) is 0 Å². The van der Waals surface area contributed by atoms with E-state index < -0.39 is 0 Å². The monoisotopic (exact) mass is 326 g/mol. The first kappa shape index (κ1) is 15.5. The van der Waals surface area contributed by atoms with Gasteiger partial charge in [0.05, 0.1) is 13.2 Å². The Bertz CT molecular complexity index is 732. The molecule has 2 aliphatic heterocycles. The zero-order chi connectivity index (χ0) is 16.5. The van der Waals surface area contributed by atoms with E-state index in [0.29, 0.717) is 13.2 Å². The predicted molar refractivity (Wildman–Crippen MR) is 91.8 cm³/mol. The summed E-state index contributed by atoms with van der Waals surface area (Å²) in [5.74, 6) is 1.75. The molecule has 2 heterocycles. The highest BCUT2D eigenvalue weighted by molar-refractivity contribution is 5.79. The summed E-state index contributed by atoms with van der Waals surface area (Å²) in [6.45, 7) is 7.02. The van der Waals surface area contributed by atoms with E-state index >= 15 is 0 Å². The average Bonchev–Trinajstić information content (AvgIpc) is 3.48. The Hall–Kier alpha value is -2.04. The lowest BCUT2D eigenvalue weighted by Crippen LogP contribution is -2.07. The summed E-state index contributed by atoms with van der Waals surface area (Å²) in [5.41, 5.74) is 4.61. The van der Waals surface area contributed by atoms with Crippen LogP contribution in [0.15, 0.2) is 36.4 Å². The molecular formula is C20H22O4. The van der Waals surface area contributed by atoms with E-state index in [2.05, 4.69) is 26.0 Å². The summed E-state index contributed by atoms with van der Waals surface area (Å²) in [6.07, 6.45) is 0.470. The minimum Gasteiger partial charge on any atom is -0.490 e. The summed E-state index contributed by atoms with van der Waals surface area (Å²) in [5, 5.41) is 0. The highest BCUT2D eigenvalue weighted by atomic mass is 16.6. The van der Waals surface area contributed by atoms with Gasteiger partial charge in [0.1, 0.15) is 36.9 Å². The van der Waals surface area contributed by atoms with Gasteiger partial charge in [-0.2, -0.15) is 0 Å². The lowest BCUT2D eigenvalue weighted by Gasteiger charge is -2.18. The van der Waals surface area contributed by atoms with E-state index in [9.17, 15) is 0 Å². The average molecular weight is 326 g/mol. The summed E-state index contributed by atoms with van der Waals surface area (Å²) in [6, 6.07) is 12.3. The SMILES string of the molecule is Cc1ccc(OCC2CO2)c(-c2ccccc2OCC2CO2)c1C. The van der Waals surface area contributed by atoms with Crippen molar-refractivity contribution in [3.63, 3.8) is 0 Å². The number of aryl methyl sites for hydroxylation is 1. The molecule has 0 spiro atoms. The molecule has 0 amide bonds. The van der Waals surface area contributed by atoms with Crippen molar-refractivity contribution in [2.45, 2.75) is 26.1 Å². The minimum atomic E-state index is 0.234. The summed E-state index contributed by atoms with van der Waals surface area (Å²) >= 11 is 0. The van der Waals surface area contributed by atoms with Crippen molar-refractivity contribution in [1.29, 1.82) is 0 Å². The lowest BCUT2D eigenvalue weighted by atomic mass is 9.95. The minimum absolute atomic E-state index is 0.234. The molecule has 0 bridgehead atoms. The Balaban J connectivity index is 1.69. The maximum Gasteiger partial charge on any atom is 0.127 e. The molecule has 24 heavy (non-hydrogen) atoms. The zero-order valence-corrected chi connectivity index (χ0v) is 14.1. The van der Waals surface area contributed by atoms with Crippen LogP contribution in [0.5, 0.6) is 11.5 Å². The Labute approximate surface area is 142 Å². The van der Waals surface area contributed by atoms with Gasteiger partial charge >= 0.3 is 0 Å². The van der Waals surface area contributed by atoms with Crippen LogP contribution in [0.2, 0.25) is 0 Å². The second-order valence-electron chi connectivity index (χ2n) is 6.41. The van der Waals surface area contributed by atoms with Crippen LogP contribution in [-0.4, -0.2) is 38.6 Å². The second-order valence-corrected chi connectivity index (χ2v) is 6.41. The first-order chi connectivity index (χ1) is 11.7. The van der Waals surface area contributed by atoms with Gasteiger partial charge in [-0.15, -0.1) is 0 Å². The molecule has 4 heteroatoms. The van der Waals surface area contributed by atoms with Crippen LogP contribution in [-0.2, 0) is 9.47 Å². The summed E-state index contributed by atoms with van der Waals surface area (Å²) in [7, 11) is 0. The number of hydrogen-bond donors (Lipinski definition) is 0. The smallest absolute Gasteiger partial charge is 0.127 e. The number of epoxide rings is 2. The van der Waals surface area contributed by atoms with E-state index in [4.69, 9.17) is 18.9 Å². The highest BCUT2D eigenvalue weighted by Gasteiger charge is 2.26. The molecule has 2 fully saturated rings. The van der Waals surface area contributed by atoms with Gasteiger partial charge in [0, 0.05) is 11.1 Å². The van der Waals surface area contributed by atoms with Crippen molar-refractivity contribution in [3.05, 3.63) is 47.5 Å². The maximum atomic E-state index is 6.04. The number of benzene rings is 2. The lowest BCUT2D eigenvalue weighted by molar-refractivity contribution is 0.261. The fourth-order valence-corrected chi connectivity index (χ4v) is 2.74. The predicted octanol–water partition coefficient (Wildman–Crippen LogP) is 3.53. The van der Waals surface area contributed by atoms with Crippen LogP contribution in [0.4, 0.5) is 0 Å². The van der Waals surface area contributed by atoms with Gasteiger partial charge in [0.2, 0.25) is 0 Å². The zero-order valence-electron chi connectivity index (χ0n) is 14.1. The number of para-hydroxylation sites is 1. The molecule has 2 unspecified atom stereocenters. The van der Waals surface area contributed by atoms with E-state index in [1.54, 1.807) is 0 Å². The van der Waals surface area contributed by atoms with Gasteiger partial charge in [-0.25, -0.2) is 0 Å². The number of ether oxygens (including phenoxy) is 4. The first-order valence-electron chi connectivity index (χ1n) is 8.41. The second kappa shape index (κ2) is 6.46. The molecule has 0 radical (unpaired) electrons. The molecule has 2 aromatic rings. The molecule has 0 N–H and O–H groups in total. The van der Waals surface area contributed by atoms with Gasteiger partial charge in [-0.3, -0.25) is 0 Å². The molecule has 2 aliphatic rings. The van der Waals surface area contributed by atoms with Crippen molar-refractivity contribution in [1.82, 2.24) is 0 Å². The third-order valence-corrected chi connectivity index (χ3v) is 4.51. The van der Waals surface area contributed by atoms with Gasteiger partial charge < -0.3 is 18.9 Å².